The fourth-order valence-corrected chi connectivity index (χ4v) is 2.93. The summed E-state index contributed by atoms with van der Waals surface area (Å²) in [5.41, 5.74) is 2.55. The molecule has 0 bridgehead atoms. The number of amides is 2. The Balaban J connectivity index is 1.66. The van der Waals surface area contributed by atoms with Crippen LogP contribution in [0.1, 0.15) is 35.7 Å². The average molecular weight is 388 g/mol. The van der Waals surface area contributed by atoms with Crippen LogP contribution < -0.4 is 15.4 Å². The predicted octanol–water partition coefficient (Wildman–Crippen LogP) is 5.08. The SMILES string of the molecule is CC(C)c1ccccc1OCC(=O)Nc1ccccc1C(=O)Nc1ccccc1. The van der Waals surface area contributed by atoms with Crippen molar-refractivity contribution in [3.8, 4) is 5.75 Å². The Morgan fingerprint density at radius 2 is 1.48 bits per heavy atom. The third-order valence-corrected chi connectivity index (χ3v) is 4.38. The van der Waals surface area contributed by atoms with Crippen molar-refractivity contribution >= 4 is 23.2 Å². The highest BCUT2D eigenvalue weighted by Gasteiger charge is 2.14. The van der Waals surface area contributed by atoms with Gasteiger partial charge in [-0.2, -0.15) is 0 Å². The van der Waals surface area contributed by atoms with Crippen molar-refractivity contribution in [3.05, 3.63) is 90.0 Å². The van der Waals surface area contributed by atoms with Gasteiger partial charge in [-0.05, 0) is 41.8 Å². The number of benzene rings is 3. The van der Waals surface area contributed by atoms with Crippen molar-refractivity contribution in [2.45, 2.75) is 19.8 Å². The van der Waals surface area contributed by atoms with E-state index in [-0.39, 0.29) is 24.3 Å². The van der Waals surface area contributed by atoms with Gasteiger partial charge in [0.15, 0.2) is 6.61 Å². The highest BCUT2D eigenvalue weighted by Crippen LogP contribution is 2.26. The van der Waals surface area contributed by atoms with Gasteiger partial charge in [0, 0.05) is 5.69 Å². The molecule has 0 heterocycles. The van der Waals surface area contributed by atoms with Gasteiger partial charge in [-0.25, -0.2) is 0 Å². The van der Waals surface area contributed by atoms with Gasteiger partial charge in [0.05, 0.1) is 11.3 Å². The van der Waals surface area contributed by atoms with Crippen LogP contribution in [0.4, 0.5) is 11.4 Å². The molecule has 0 unspecified atom stereocenters. The first-order valence-corrected chi connectivity index (χ1v) is 9.51. The largest absolute Gasteiger partial charge is 0.483 e. The molecule has 0 aromatic heterocycles. The predicted molar refractivity (Wildman–Crippen MR) is 115 cm³/mol. The lowest BCUT2D eigenvalue weighted by molar-refractivity contribution is -0.118. The Morgan fingerprint density at radius 3 is 2.24 bits per heavy atom. The summed E-state index contributed by atoms with van der Waals surface area (Å²) in [4.78, 5) is 25.1. The first-order valence-electron chi connectivity index (χ1n) is 9.51. The van der Waals surface area contributed by atoms with Crippen LogP contribution in [0, 0.1) is 0 Å². The van der Waals surface area contributed by atoms with Gasteiger partial charge in [-0.1, -0.05) is 62.4 Å². The van der Waals surface area contributed by atoms with Crippen LogP contribution in [0.3, 0.4) is 0 Å². The molecular formula is C24H24N2O3. The lowest BCUT2D eigenvalue weighted by atomic mass is 10.0. The topological polar surface area (TPSA) is 67.4 Å². The minimum Gasteiger partial charge on any atom is -0.483 e. The molecule has 0 saturated carbocycles. The number of rotatable bonds is 7. The molecule has 29 heavy (non-hydrogen) atoms. The van der Waals surface area contributed by atoms with Crippen molar-refractivity contribution in [2.24, 2.45) is 0 Å². The van der Waals surface area contributed by atoms with E-state index < -0.39 is 0 Å². The zero-order valence-electron chi connectivity index (χ0n) is 16.5. The van der Waals surface area contributed by atoms with E-state index in [2.05, 4.69) is 24.5 Å². The summed E-state index contributed by atoms with van der Waals surface area (Å²) >= 11 is 0. The molecule has 5 nitrogen and oxygen atoms in total. The van der Waals surface area contributed by atoms with E-state index in [1.54, 1.807) is 36.4 Å². The molecule has 0 fully saturated rings. The van der Waals surface area contributed by atoms with Crippen molar-refractivity contribution in [1.29, 1.82) is 0 Å². The van der Waals surface area contributed by atoms with Gasteiger partial charge in [0.1, 0.15) is 5.75 Å². The summed E-state index contributed by atoms with van der Waals surface area (Å²) in [7, 11) is 0. The van der Waals surface area contributed by atoms with Crippen LogP contribution in [0.2, 0.25) is 0 Å². The minimum atomic E-state index is -0.330. The number of para-hydroxylation sites is 3. The molecule has 148 valence electrons. The monoisotopic (exact) mass is 388 g/mol. The second kappa shape index (κ2) is 9.55. The fourth-order valence-electron chi connectivity index (χ4n) is 2.93. The molecule has 0 spiro atoms. The number of carbonyl (C=O) groups excluding carboxylic acids is 2. The molecule has 0 saturated heterocycles. The number of ether oxygens (including phenoxy) is 1. The Hall–Kier alpha value is -3.60. The van der Waals surface area contributed by atoms with Gasteiger partial charge in [0.2, 0.25) is 0 Å². The molecule has 0 aliphatic carbocycles. The van der Waals surface area contributed by atoms with E-state index >= 15 is 0 Å². The lowest BCUT2D eigenvalue weighted by Crippen LogP contribution is -2.23. The Labute approximate surface area is 170 Å². The maximum absolute atomic E-state index is 12.6. The van der Waals surface area contributed by atoms with Crippen molar-refractivity contribution < 1.29 is 14.3 Å². The molecule has 2 N–H and O–H groups in total. The smallest absolute Gasteiger partial charge is 0.262 e. The molecule has 5 heteroatoms. The van der Waals surface area contributed by atoms with E-state index in [0.717, 1.165) is 5.56 Å². The number of hydrogen-bond acceptors (Lipinski definition) is 3. The van der Waals surface area contributed by atoms with Crippen LogP contribution in [-0.2, 0) is 4.79 Å². The summed E-state index contributed by atoms with van der Waals surface area (Å²) in [6.45, 7) is 4.01. The summed E-state index contributed by atoms with van der Waals surface area (Å²) in [5, 5.41) is 5.60. The average Bonchev–Trinajstić information content (AvgIpc) is 2.73. The molecule has 3 rings (SSSR count). The van der Waals surface area contributed by atoms with E-state index in [1.807, 2.05) is 42.5 Å². The summed E-state index contributed by atoms with van der Waals surface area (Å²) in [5.74, 6) is 0.353. The van der Waals surface area contributed by atoms with Gasteiger partial charge < -0.3 is 15.4 Å². The van der Waals surface area contributed by atoms with Crippen LogP contribution in [0.15, 0.2) is 78.9 Å². The number of carbonyl (C=O) groups is 2. The second-order valence-corrected chi connectivity index (χ2v) is 6.90. The summed E-state index contributed by atoms with van der Waals surface area (Å²) in [6, 6.07) is 23.7. The minimum absolute atomic E-state index is 0.141. The van der Waals surface area contributed by atoms with E-state index in [1.165, 1.54) is 0 Å². The highest BCUT2D eigenvalue weighted by atomic mass is 16.5. The normalized spacial score (nSPS) is 10.4. The first-order chi connectivity index (χ1) is 14.0. The maximum Gasteiger partial charge on any atom is 0.262 e. The fraction of sp³-hybridized carbons (Fsp3) is 0.167. The summed E-state index contributed by atoms with van der Waals surface area (Å²) < 4.78 is 5.72. The highest BCUT2D eigenvalue weighted by molar-refractivity contribution is 6.10. The van der Waals surface area contributed by atoms with Crippen molar-refractivity contribution in [1.82, 2.24) is 0 Å². The zero-order valence-corrected chi connectivity index (χ0v) is 16.5. The molecule has 3 aromatic rings. The zero-order chi connectivity index (χ0) is 20.6. The van der Waals surface area contributed by atoms with Gasteiger partial charge >= 0.3 is 0 Å². The van der Waals surface area contributed by atoms with Crippen LogP contribution in [0.5, 0.6) is 5.75 Å². The molecule has 2 amide bonds. The standard InChI is InChI=1S/C24H24N2O3/c1-17(2)19-12-7-9-15-22(19)29-16-23(27)26-21-14-8-6-13-20(21)24(28)25-18-10-4-3-5-11-18/h3-15,17H,16H2,1-2H3,(H,25,28)(H,26,27). The van der Waals surface area contributed by atoms with Crippen molar-refractivity contribution in [3.63, 3.8) is 0 Å². The van der Waals surface area contributed by atoms with Crippen LogP contribution in [-0.4, -0.2) is 18.4 Å². The molecule has 0 radical (unpaired) electrons. The Kier molecular flexibility index (Phi) is 6.63. The second-order valence-electron chi connectivity index (χ2n) is 6.90. The molecule has 0 aliphatic heterocycles. The number of hydrogen-bond donors (Lipinski definition) is 2. The van der Waals surface area contributed by atoms with E-state index in [0.29, 0.717) is 22.7 Å². The Morgan fingerprint density at radius 1 is 0.828 bits per heavy atom. The Bertz CT molecular complexity index is 984. The van der Waals surface area contributed by atoms with Crippen LogP contribution >= 0.6 is 0 Å². The van der Waals surface area contributed by atoms with Gasteiger partial charge in [0.25, 0.3) is 11.8 Å². The van der Waals surface area contributed by atoms with E-state index in [9.17, 15) is 9.59 Å². The number of nitrogens with one attached hydrogen (secondary N) is 2. The molecule has 0 atom stereocenters. The lowest BCUT2D eigenvalue weighted by Gasteiger charge is -2.15. The quantitative estimate of drug-likeness (QED) is 0.593. The third kappa shape index (κ3) is 5.45. The maximum atomic E-state index is 12.6. The molecule has 0 aliphatic rings. The molecule has 3 aromatic carbocycles. The summed E-state index contributed by atoms with van der Waals surface area (Å²) in [6.07, 6.45) is 0. The third-order valence-electron chi connectivity index (χ3n) is 4.38. The van der Waals surface area contributed by atoms with E-state index in [4.69, 9.17) is 4.74 Å². The molecular weight excluding hydrogens is 364 g/mol. The van der Waals surface area contributed by atoms with Gasteiger partial charge in [-0.15, -0.1) is 0 Å². The van der Waals surface area contributed by atoms with Gasteiger partial charge in [-0.3, -0.25) is 9.59 Å². The number of anilines is 2. The van der Waals surface area contributed by atoms with Crippen molar-refractivity contribution in [2.75, 3.05) is 17.2 Å². The first kappa shape index (κ1) is 20.1. The van der Waals surface area contributed by atoms with Crippen LogP contribution in [0.25, 0.3) is 0 Å².